The van der Waals surface area contributed by atoms with E-state index in [-0.39, 0.29) is 6.42 Å². The van der Waals surface area contributed by atoms with Crippen LogP contribution in [0.15, 0.2) is 71.8 Å². The zero-order chi connectivity index (χ0) is 26.6. The first-order valence-electron chi connectivity index (χ1n) is 11.4. The van der Waals surface area contributed by atoms with E-state index in [1.807, 2.05) is 30.3 Å². The maximum absolute atomic E-state index is 13.0. The van der Waals surface area contributed by atoms with E-state index in [1.165, 1.54) is 27.5 Å². The van der Waals surface area contributed by atoms with Crippen LogP contribution in [0.3, 0.4) is 0 Å². The van der Waals surface area contributed by atoms with Crippen molar-refractivity contribution >= 4 is 23.8 Å². The summed E-state index contributed by atoms with van der Waals surface area (Å²) < 4.78 is 21.1. The molecule has 0 aliphatic carbocycles. The van der Waals surface area contributed by atoms with Crippen LogP contribution in [0.2, 0.25) is 0 Å². The lowest BCUT2D eigenvalue weighted by Gasteiger charge is -2.18. The van der Waals surface area contributed by atoms with Crippen molar-refractivity contribution in [2.45, 2.75) is 12.5 Å². The molecular weight excluding hydrogens is 476 g/mol. The zero-order valence-electron chi connectivity index (χ0n) is 21.1. The van der Waals surface area contributed by atoms with Crippen molar-refractivity contribution in [2.75, 3.05) is 33.8 Å². The average molecular weight is 507 g/mol. The third kappa shape index (κ3) is 7.63. The summed E-state index contributed by atoms with van der Waals surface area (Å²) in [6.45, 7) is 0. The van der Waals surface area contributed by atoms with E-state index in [4.69, 9.17) is 18.9 Å². The molecule has 3 N–H and O–H groups in total. The first-order chi connectivity index (χ1) is 18.0. The zero-order valence-corrected chi connectivity index (χ0v) is 21.1. The Balaban J connectivity index is 1.73. The van der Waals surface area contributed by atoms with Crippen LogP contribution < -0.4 is 35.0 Å². The number of nitrogens with zero attached hydrogens (tertiary/aromatic N) is 1. The lowest BCUT2D eigenvalue weighted by molar-refractivity contribution is -0.122. The maximum Gasteiger partial charge on any atom is 0.320 e. The second kappa shape index (κ2) is 13.4. The van der Waals surface area contributed by atoms with Crippen molar-refractivity contribution in [3.8, 4) is 23.0 Å². The van der Waals surface area contributed by atoms with E-state index in [2.05, 4.69) is 21.2 Å². The van der Waals surface area contributed by atoms with Crippen LogP contribution in [0.25, 0.3) is 0 Å². The highest BCUT2D eigenvalue weighted by Gasteiger charge is 2.22. The number of urea groups is 1. The molecule has 0 fully saturated rings. The molecule has 10 nitrogen and oxygen atoms in total. The normalized spacial score (nSPS) is 11.4. The average Bonchev–Trinajstić information content (AvgIpc) is 2.93. The summed E-state index contributed by atoms with van der Waals surface area (Å²) in [6.07, 6.45) is 1.71. The maximum atomic E-state index is 13.0. The lowest BCUT2D eigenvalue weighted by Crippen LogP contribution is -2.48. The van der Waals surface area contributed by atoms with Crippen molar-refractivity contribution in [3.63, 3.8) is 0 Å². The standard InChI is InChI=1S/C27H30N4O6/c1-34-20-11-10-19(24(15-20)36-3)17-28-31-26(32)23(14-18-8-6-5-7-9-18)30-27(33)29-22-13-12-21(35-2)16-25(22)37-4/h5-13,15-17,23H,14H2,1-4H3,(H,31,32)(H2,29,30,33). The summed E-state index contributed by atoms with van der Waals surface area (Å²) in [4.78, 5) is 25.9. The molecule has 0 spiro atoms. The van der Waals surface area contributed by atoms with E-state index in [9.17, 15) is 9.59 Å². The quantitative estimate of drug-likeness (QED) is 0.270. The molecule has 0 bridgehead atoms. The SMILES string of the molecule is COc1ccc(C=NNC(=O)C(Cc2ccccc2)NC(=O)Nc2ccc(OC)cc2OC)c(OC)c1. The van der Waals surface area contributed by atoms with Gasteiger partial charge in [0.1, 0.15) is 29.0 Å². The van der Waals surface area contributed by atoms with E-state index >= 15 is 0 Å². The molecule has 0 radical (unpaired) electrons. The van der Waals surface area contributed by atoms with Gasteiger partial charge in [-0.05, 0) is 29.8 Å². The highest BCUT2D eigenvalue weighted by Crippen LogP contribution is 2.29. The minimum atomic E-state index is -0.915. The van der Waals surface area contributed by atoms with Crippen LogP contribution >= 0.6 is 0 Å². The largest absolute Gasteiger partial charge is 0.497 e. The number of benzene rings is 3. The number of hydrogen-bond acceptors (Lipinski definition) is 7. The molecule has 0 saturated heterocycles. The van der Waals surface area contributed by atoms with Gasteiger partial charge in [-0.15, -0.1) is 0 Å². The van der Waals surface area contributed by atoms with E-state index in [0.717, 1.165) is 5.56 Å². The van der Waals surface area contributed by atoms with E-state index in [1.54, 1.807) is 43.5 Å². The molecule has 3 aromatic carbocycles. The Morgan fingerprint density at radius 1 is 0.838 bits per heavy atom. The van der Waals surface area contributed by atoms with Gasteiger partial charge in [0.25, 0.3) is 5.91 Å². The van der Waals surface area contributed by atoms with Crippen LogP contribution in [0.5, 0.6) is 23.0 Å². The fourth-order valence-corrected chi connectivity index (χ4v) is 3.45. The number of carbonyl (C=O) groups is 2. The summed E-state index contributed by atoms with van der Waals surface area (Å²) in [6, 6.07) is 18.0. The number of ether oxygens (including phenoxy) is 4. The molecule has 0 saturated carbocycles. The summed E-state index contributed by atoms with van der Waals surface area (Å²) in [7, 11) is 6.11. The number of amides is 3. The second-order valence-corrected chi connectivity index (χ2v) is 7.75. The van der Waals surface area contributed by atoms with Gasteiger partial charge in [-0.3, -0.25) is 4.79 Å². The predicted molar refractivity (Wildman–Crippen MR) is 141 cm³/mol. The first kappa shape index (κ1) is 26.9. The van der Waals surface area contributed by atoms with Crippen molar-refractivity contribution in [2.24, 2.45) is 5.10 Å². The molecule has 3 amide bonds. The molecule has 3 aromatic rings. The van der Waals surface area contributed by atoms with Crippen LogP contribution in [-0.2, 0) is 11.2 Å². The molecule has 1 atom stereocenters. The van der Waals surface area contributed by atoms with Crippen molar-refractivity contribution in [1.82, 2.24) is 10.7 Å². The number of methoxy groups -OCH3 is 4. The molecular formula is C27H30N4O6. The minimum absolute atomic E-state index is 0.251. The topological polar surface area (TPSA) is 120 Å². The van der Waals surface area contributed by atoms with Crippen LogP contribution in [0, 0.1) is 0 Å². The van der Waals surface area contributed by atoms with Gasteiger partial charge in [-0.2, -0.15) is 5.10 Å². The third-order valence-electron chi connectivity index (χ3n) is 5.38. The summed E-state index contributed by atoms with van der Waals surface area (Å²) in [5, 5.41) is 9.49. The highest BCUT2D eigenvalue weighted by atomic mass is 16.5. The molecule has 10 heteroatoms. The van der Waals surface area contributed by atoms with Crippen molar-refractivity contribution in [1.29, 1.82) is 0 Å². The van der Waals surface area contributed by atoms with E-state index < -0.39 is 18.0 Å². The molecule has 3 rings (SSSR count). The van der Waals surface area contributed by atoms with Gasteiger partial charge < -0.3 is 29.6 Å². The third-order valence-corrected chi connectivity index (χ3v) is 5.38. The highest BCUT2D eigenvalue weighted by molar-refractivity contribution is 5.95. The summed E-state index contributed by atoms with van der Waals surface area (Å²) in [5.74, 6) is 1.66. The Labute approximate surface area is 215 Å². The molecule has 0 aliphatic heterocycles. The summed E-state index contributed by atoms with van der Waals surface area (Å²) >= 11 is 0. The van der Waals surface area contributed by atoms with Crippen molar-refractivity contribution < 1.29 is 28.5 Å². The number of nitrogens with one attached hydrogen (secondary N) is 3. The van der Waals surface area contributed by atoms with Gasteiger partial charge in [0.15, 0.2) is 0 Å². The first-order valence-corrected chi connectivity index (χ1v) is 11.4. The van der Waals surface area contributed by atoms with Gasteiger partial charge in [0, 0.05) is 24.1 Å². The number of anilines is 1. The Morgan fingerprint density at radius 2 is 1.49 bits per heavy atom. The predicted octanol–water partition coefficient (Wildman–Crippen LogP) is 3.60. The Kier molecular flexibility index (Phi) is 9.72. The molecule has 0 heterocycles. The van der Waals surface area contributed by atoms with Crippen LogP contribution in [-0.4, -0.2) is 52.6 Å². The summed E-state index contributed by atoms with van der Waals surface area (Å²) in [5.41, 5.74) is 4.42. The van der Waals surface area contributed by atoms with Crippen LogP contribution in [0.4, 0.5) is 10.5 Å². The fourth-order valence-electron chi connectivity index (χ4n) is 3.45. The van der Waals surface area contributed by atoms with Gasteiger partial charge in [0.2, 0.25) is 0 Å². The molecule has 1 unspecified atom stereocenters. The smallest absolute Gasteiger partial charge is 0.320 e. The molecule has 0 aliphatic rings. The minimum Gasteiger partial charge on any atom is -0.497 e. The van der Waals surface area contributed by atoms with Gasteiger partial charge in [0.05, 0.1) is 40.3 Å². The number of carbonyl (C=O) groups excluding carboxylic acids is 2. The Hall–Kier alpha value is -4.73. The Morgan fingerprint density at radius 3 is 2.14 bits per heavy atom. The monoisotopic (exact) mass is 506 g/mol. The van der Waals surface area contributed by atoms with Crippen LogP contribution in [0.1, 0.15) is 11.1 Å². The van der Waals surface area contributed by atoms with Gasteiger partial charge >= 0.3 is 6.03 Å². The fraction of sp³-hybridized carbons (Fsp3) is 0.222. The lowest BCUT2D eigenvalue weighted by atomic mass is 10.1. The molecule has 0 aromatic heterocycles. The number of hydrogen-bond donors (Lipinski definition) is 3. The number of hydrazone groups is 1. The number of rotatable bonds is 11. The molecule has 37 heavy (non-hydrogen) atoms. The molecule has 194 valence electrons. The van der Waals surface area contributed by atoms with E-state index in [0.29, 0.717) is 34.2 Å². The van der Waals surface area contributed by atoms with Gasteiger partial charge in [-0.1, -0.05) is 30.3 Å². The Bertz CT molecular complexity index is 1230. The van der Waals surface area contributed by atoms with Gasteiger partial charge in [-0.25, -0.2) is 10.2 Å². The van der Waals surface area contributed by atoms with Crippen molar-refractivity contribution in [3.05, 3.63) is 77.9 Å². The second-order valence-electron chi connectivity index (χ2n) is 7.75.